The number of benzene rings is 1. The molecule has 1 aromatic rings. The number of anilines is 1. The smallest absolute Gasteiger partial charge is 0.411 e. The standard InChI is InChI=1S/C11H15NO3/c1-8-5-9(2)7-10(6-8)12-11(14)15-4-3-13/h5-7,13H,3-4H2,1-2H3,(H,12,14). The van der Waals surface area contributed by atoms with Crippen molar-refractivity contribution in [3.8, 4) is 0 Å². The van der Waals surface area contributed by atoms with Crippen LogP contribution in [0.5, 0.6) is 0 Å². The Morgan fingerprint density at radius 2 is 1.93 bits per heavy atom. The molecule has 4 heteroatoms. The van der Waals surface area contributed by atoms with Gasteiger partial charge in [0.2, 0.25) is 0 Å². The van der Waals surface area contributed by atoms with Gasteiger partial charge < -0.3 is 9.84 Å². The monoisotopic (exact) mass is 209 g/mol. The number of rotatable bonds is 3. The Labute approximate surface area is 88.9 Å². The van der Waals surface area contributed by atoms with E-state index in [9.17, 15) is 4.79 Å². The van der Waals surface area contributed by atoms with E-state index in [-0.39, 0.29) is 13.2 Å². The molecule has 1 aromatic carbocycles. The number of carbonyl (C=O) groups excluding carboxylic acids is 1. The lowest BCUT2D eigenvalue weighted by atomic mass is 10.1. The van der Waals surface area contributed by atoms with Gasteiger partial charge in [-0.3, -0.25) is 5.32 Å². The van der Waals surface area contributed by atoms with Gasteiger partial charge in [0.25, 0.3) is 0 Å². The molecule has 2 N–H and O–H groups in total. The van der Waals surface area contributed by atoms with Crippen LogP contribution in [0.15, 0.2) is 18.2 Å². The Hall–Kier alpha value is -1.55. The number of carbonyl (C=O) groups is 1. The first kappa shape index (κ1) is 11.5. The molecule has 0 spiro atoms. The summed E-state index contributed by atoms with van der Waals surface area (Å²) in [6.45, 7) is 3.76. The Balaban J connectivity index is 2.60. The number of hydrogen-bond acceptors (Lipinski definition) is 3. The fourth-order valence-electron chi connectivity index (χ4n) is 1.34. The van der Waals surface area contributed by atoms with Crippen LogP contribution >= 0.6 is 0 Å². The highest BCUT2D eigenvalue weighted by Gasteiger charge is 2.03. The van der Waals surface area contributed by atoms with Crippen LogP contribution in [0.2, 0.25) is 0 Å². The van der Waals surface area contributed by atoms with Crippen molar-refractivity contribution in [2.24, 2.45) is 0 Å². The average Bonchev–Trinajstić information content (AvgIpc) is 2.13. The number of aliphatic hydroxyl groups excluding tert-OH is 1. The zero-order valence-corrected chi connectivity index (χ0v) is 8.91. The minimum absolute atomic E-state index is 0.0105. The van der Waals surface area contributed by atoms with E-state index in [0.29, 0.717) is 5.69 Å². The molecule has 0 radical (unpaired) electrons. The predicted molar refractivity (Wildman–Crippen MR) is 58.0 cm³/mol. The SMILES string of the molecule is Cc1cc(C)cc(NC(=O)OCCO)c1. The Morgan fingerprint density at radius 3 is 2.47 bits per heavy atom. The van der Waals surface area contributed by atoms with Gasteiger partial charge >= 0.3 is 6.09 Å². The summed E-state index contributed by atoms with van der Waals surface area (Å²) in [6, 6.07) is 5.73. The van der Waals surface area contributed by atoms with E-state index in [1.54, 1.807) is 0 Å². The van der Waals surface area contributed by atoms with E-state index in [4.69, 9.17) is 5.11 Å². The predicted octanol–water partition coefficient (Wildman–Crippen LogP) is 1.84. The molecule has 0 aliphatic carbocycles. The van der Waals surface area contributed by atoms with Gasteiger partial charge in [0.15, 0.2) is 0 Å². The first-order chi connectivity index (χ1) is 7.11. The molecule has 0 aliphatic heterocycles. The summed E-state index contributed by atoms with van der Waals surface area (Å²) in [4.78, 5) is 11.1. The summed E-state index contributed by atoms with van der Waals surface area (Å²) in [5.41, 5.74) is 2.86. The van der Waals surface area contributed by atoms with Crippen molar-refractivity contribution in [1.29, 1.82) is 0 Å². The largest absolute Gasteiger partial charge is 0.447 e. The highest BCUT2D eigenvalue weighted by atomic mass is 16.6. The summed E-state index contributed by atoms with van der Waals surface area (Å²) in [6.07, 6.45) is -0.547. The molecule has 1 rings (SSSR count). The van der Waals surface area contributed by atoms with Gasteiger partial charge in [-0.1, -0.05) is 6.07 Å². The number of hydrogen-bond donors (Lipinski definition) is 2. The van der Waals surface area contributed by atoms with E-state index in [1.165, 1.54) is 0 Å². The van der Waals surface area contributed by atoms with Crippen LogP contribution in [0.4, 0.5) is 10.5 Å². The lowest BCUT2D eigenvalue weighted by molar-refractivity contribution is 0.131. The third kappa shape index (κ3) is 3.99. The number of aryl methyl sites for hydroxylation is 2. The third-order valence-corrected chi connectivity index (χ3v) is 1.79. The van der Waals surface area contributed by atoms with Gasteiger partial charge in [-0.05, 0) is 37.1 Å². The summed E-state index contributed by atoms with van der Waals surface area (Å²) in [5, 5.41) is 11.1. The van der Waals surface area contributed by atoms with Crippen LogP contribution < -0.4 is 5.32 Å². The fraction of sp³-hybridized carbons (Fsp3) is 0.364. The first-order valence-electron chi connectivity index (χ1n) is 4.75. The van der Waals surface area contributed by atoms with Crippen LogP contribution in [0.25, 0.3) is 0 Å². The summed E-state index contributed by atoms with van der Waals surface area (Å²) in [7, 11) is 0. The Kier molecular flexibility index (Phi) is 4.12. The van der Waals surface area contributed by atoms with E-state index in [0.717, 1.165) is 11.1 Å². The van der Waals surface area contributed by atoms with E-state index in [1.807, 2.05) is 32.0 Å². The van der Waals surface area contributed by atoms with Crippen LogP contribution in [0, 0.1) is 13.8 Å². The minimum Gasteiger partial charge on any atom is -0.447 e. The second kappa shape index (κ2) is 5.36. The van der Waals surface area contributed by atoms with Gasteiger partial charge in [-0.2, -0.15) is 0 Å². The molecule has 0 saturated heterocycles. The third-order valence-electron chi connectivity index (χ3n) is 1.79. The maximum atomic E-state index is 11.1. The highest BCUT2D eigenvalue weighted by Crippen LogP contribution is 2.13. The van der Waals surface area contributed by atoms with Crippen LogP contribution in [-0.4, -0.2) is 24.4 Å². The maximum absolute atomic E-state index is 11.1. The molecule has 0 aliphatic rings. The van der Waals surface area contributed by atoms with Crippen LogP contribution in [-0.2, 0) is 4.74 Å². The molecule has 1 amide bonds. The fourth-order valence-corrected chi connectivity index (χ4v) is 1.34. The molecule has 0 atom stereocenters. The molecule has 0 aromatic heterocycles. The zero-order valence-electron chi connectivity index (χ0n) is 8.91. The molecule has 0 fully saturated rings. The molecule has 0 saturated carbocycles. The molecule has 0 bridgehead atoms. The Morgan fingerprint density at radius 1 is 1.33 bits per heavy atom. The second-order valence-electron chi connectivity index (χ2n) is 3.36. The van der Waals surface area contributed by atoms with Crippen molar-refractivity contribution in [1.82, 2.24) is 0 Å². The van der Waals surface area contributed by atoms with Gasteiger partial charge in [0.1, 0.15) is 6.61 Å². The van der Waals surface area contributed by atoms with Crippen molar-refractivity contribution in [3.05, 3.63) is 29.3 Å². The number of aliphatic hydroxyl groups is 1. The molecule has 15 heavy (non-hydrogen) atoms. The number of amides is 1. The summed E-state index contributed by atoms with van der Waals surface area (Å²) >= 11 is 0. The van der Waals surface area contributed by atoms with Crippen molar-refractivity contribution in [3.63, 3.8) is 0 Å². The van der Waals surface area contributed by atoms with Crippen molar-refractivity contribution in [2.75, 3.05) is 18.5 Å². The molecular weight excluding hydrogens is 194 g/mol. The normalized spacial score (nSPS) is 9.80. The van der Waals surface area contributed by atoms with E-state index in [2.05, 4.69) is 10.1 Å². The first-order valence-corrected chi connectivity index (χ1v) is 4.75. The van der Waals surface area contributed by atoms with Crippen molar-refractivity contribution in [2.45, 2.75) is 13.8 Å². The second-order valence-corrected chi connectivity index (χ2v) is 3.36. The Bertz CT molecular complexity index is 329. The van der Waals surface area contributed by atoms with Gasteiger partial charge in [-0.25, -0.2) is 4.79 Å². The van der Waals surface area contributed by atoms with Gasteiger partial charge in [0.05, 0.1) is 6.61 Å². The van der Waals surface area contributed by atoms with Gasteiger partial charge in [0, 0.05) is 5.69 Å². The maximum Gasteiger partial charge on any atom is 0.411 e. The molecule has 82 valence electrons. The number of ether oxygens (including phenoxy) is 1. The van der Waals surface area contributed by atoms with Crippen LogP contribution in [0.3, 0.4) is 0 Å². The molecular formula is C11H15NO3. The van der Waals surface area contributed by atoms with Crippen LogP contribution in [0.1, 0.15) is 11.1 Å². The topological polar surface area (TPSA) is 58.6 Å². The van der Waals surface area contributed by atoms with E-state index < -0.39 is 6.09 Å². The quantitative estimate of drug-likeness (QED) is 0.798. The summed E-state index contributed by atoms with van der Waals surface area (Å²) in [5.74, 6) is 0. The lowest BCUT2D eigenvalue weighted by Gasteiger charge is -2.07. The number of nitrogens with one attached hydrogen (secondary N) is 1. The molecule has 4 nitrogen and oxygen atoms in total. The molecule has 0 unspecified atom stereocenters. The minimum atomic E-state index is -0.547. The lowest BCUT2D eigenvalue weighted by Crippen LogP contribution is -2.15. The zero-order chi connectivity index (χ0) is 11.3. The van der Waals surface area contributed by atoms with Crippen molar-refractivity contribution >= 4 is 11.8 Å². The highest BCUT2D eigenvalue weighted by molar-refractivity contribution is 5.84. The van der Waals surface area contributed by atoms with E-state index >= 15 is 0 Å². The molecule has 0 heterocycles. The van der Waals surface area contributed by atoms with Crippen molar-refractivity contribution < 1.29 is 14.6 Å². The van der Waals surface area contributed by atoms with Gasteiger partial charge in [-0.15, -0.1) is 0 Å². The average molecular weight is 209 g/mol. The summed E-state index contributed by atoms with van der Waals surface area (Å²) < 4.78 is 4.67.